The van der Waals surface area contributed by atoms with Crippen molar-refractivity contribution in [3.8, 4) is 0 Å². The maximum Gasteiger partial charge on any atom is 0.00739 e. The van der Waals surface area contributed by atoms with Crippen LogP contribution in [0.3, 0.4) is 0 Å². The van der Waals surface area contributed by atoms with E-state index in [4.69, 9.17) is 5.73 Å². The first-order valence-electron chi connectivity index (χ1n) is 5.17. The lowest BCUT2D eigenvalue weighted by Crippen LogP contribution is -2.03. The molecule has 1 aromatic carbocycles. The predicted molar refractivity (Wildman–Crippen MR) is 53.4 cm³/mol. The minimum absolute atomic E-state index is 0.527. The average molecular weight is 173 g/mol. The summed E-state index contributed by atoms with van der Waals surface area (Å²) in [6, 6.07) is 11.4. The highest BCUT2D eigenvalue weighted by atomic mass is 14.8. The van der Waals surface area contributed by atoms with Gasteiger partial charge in [-0.15, -0.1) is 0 Å². The molecule has 3 rings (SSSR count). The number of hydrogen-bond donors (Lipinski definition) is 1. The molecule has 0 saturated heterocycles. The van der Waals surface area contributed by atoms with Crippen molar-refractivity contribution in [2.75, 3.05) is 0 Å². The highest BCUT2D eigenvalue weighted by Crippen LogP contribution is 2.58. The summed E-state index contributed by atoms with van der Waals surface area (Å²) in [6.07, 6.45) is 2.65. The summed E-state index contributed by atoms with van der Waals surface area (Å²) in [5, 5.41) is 0. The van der Waals surface area contributed by atoms with E-state index in [1.54, 1.807) is 0 Å². The zero-order chi connectivity index (χ0) is 8.84. The number of rotatable bonds is 2. The van der Waals surface area contributed by atoms with Crippen molar-refractivity contribution >= 4 is 0 Å². The van der Waals surface area contributed by atoms with Gasteiger partial charge in [-0.3, -0.25) is 0 Å². The van der Waals surface area contributed by atoms with Crippen LogP contribution in [0.4, 0.5) is 0 Å². The molecule has 1 aromatic rings. The second kappa shape index (κ2) is 2.58. The largest absolute Gasteiger partial charge is 0.327 e. The molecule has 0 aromatic heterocycles. The third-order valence-electron chi connectivity index (χ3n) is 3.51. The summed E-state index contributed by atoms with van der Waals surface area (Å²) in [4.78, 5) is 0. The molecule has 0 amide bonds. The van der Waals surface area contributed by atoms with Gasteiger partial charge in [-0.05, 0) is 36.2 Å². The summed E-state index contributed by atoms with van der Waals surface area (Å²) >= 11 is 0. The quantitative estimate of drug-likeness (QED) is 0.728. The number of hydrogen-bond acceptors (Lipinski definition) is 1. The molecule has 68 valence electrons. The van der Waals surface area contributed by atoms with E-state index in [0.717, 1.165) is 17.8 Å². The van der Waals surface area contributed by atoms with Gasteiger partial charge in [-0.25, -0.2) is 0 Å². The Morgan fingerprint density at radius 2 is 1.69 bits per heavy atom. The van der Waals surface area contributed by atoms with Gasteiger partial charge in [-0.2, -0.15) is 0 Å². The van der Waals surface area contributed by atoms with Crippen molar-refractivity contribution in [3.05, 3.63) is 35.9 Å². The Morgan fingerprint density at radius 3 is 2.31 bits per heavy atom. The summed E-state index contributed by atoms with van der Waals surface area (Å²) in [5.41, 5.74) is 7.37. The van der Waals surface area contributed by atoms with Crippen LogP contribution in [-0.2, 0) is 0 Å². The topological polar surface area (TPSA) is 26.0 Å². The van der Waals surface area contributed by atoms with Crippen molar-refractivity contribution in [2.24, 2.45) is 17.6 Å². The number of benzene rings is 1. The van der Waals surface area contributed by atoms with Gasteiger partial charge in [0.2, 0.25) is 0 Å². The van der Waals surface area contributed by atoms with Gasteiger partial charge in [0.15, 0.2) is 0 Å². The molecule has 0 radical (unpaired) electrons. The van der Waals surface area contributed by atoms with Crippen LogP contribution in [0.25, 0.3) is 0 Å². The molecular weight excluding hydrogens is 158 g/mol. The molecule has 2 N–H and O–H groups in total. The number of nitrogens with two attached hydrogens (primary N) is 1. The Kier molecular flexibility index (Phi) is 1.50. The Hall–Kier alpha value is -0.820. The van der Waals surface area contributed by atoms with Crippen LogP contribution < -0.4 is 5.73 Å². The van der Waals surface area contributed by atoms with E-state index in [1.165, 1.54) is 18.4 Å². The molecule has 0 unspecified atom stereocenters. The van der Waals surface area contributed by atoms with Crippen LogP contribution in [-0.4, -0.2) is 6.04 Å². The van der Waals surface area contributed by atoms with Gasteiger partial charge < -0.3 is 5.73 Å². The van der Waals surface area contributed by atoms with E-state index in [-0.39, 0.29) is 0 Å². The van der Waals surface area contributed by atoms with Crippen LogP contribution >= 0.6 is 0 Å². The van der Waals surface area contributed by atoms with Crippen molar-refractivity contribution in [3.63, 3.8) is 0 Å². The smallest absolute Gasteiger partial charge is 0.00739 e. The Morgan fingerprint density at radius 1 is 1.00 bits per heavy atom. The predicted octanol–water partition coefficient (Wildman–Crippen LogP) is 2.14. The third-order valence-corrected chi connectivity index (χ3v) is 3.51. The van der Waals surface area contributed by atoms with E-state index >= 15 is 0 Å². The van der Waals surface area contributed by atoms with Crippen LogP contribution in [0.1, 0.15) is 24.3 Å². The molecule has 2 fully saturated rings. The second-order valence-corrected chi connectivity index (χ2v) is 4.48. The summed E-state index contributed by atoms with van der Waals surface area (Å²) in [6.45, 7) is 0. The first-order chi connectivity index (χ1) is 6.36. The fraction of sp³-hybridized carbons (Fsp3) is 0.500. The first-order valence-corrected chi connectivity index (χ1v) is 5.17. The fourth-order valence-corrected chi connectivity index (χ4v) is 2.50. The Balaban J connectivity index is 1.71. The fourth-order valence-electron chi connectivity index (χ4n) is 2.50. The zero-order valence-corrected chi connectivity index (χ0v) is 7.69. The van der Waals surface area contributed by atoms with E-state index in [2.05, 4.69) is 30.3 Å². The van der Waals surface area contributed by atoms with Crippen molar-refractivity contribution < 1.29 is 0 Å². The highest BCUT2D eigenvalue weighted by molar-refractivity contribution is 5.27. The van der Waals surface area contributed by atoms with E-state index < -0.39 is 0 Å². The lowest BCUT2D eigenvalue weighted by Gasteiger charge is -1.98. The van der Waals surface area contributed by atoms with E-state index in [9.17, 15) is 0 Å². The van der Waals surface area contributed by atoms with Crippen LogP contribution in [0.15, 0.2) is 30.3 Å². The average Bonchev–Trinajstić information content (AvgIpc) is 3.01. The standard InChI is InChI=1S/C12H15N/c13-12-7-11(12)10-6-9(10)8-4-2-1-3-5-8/h1-5,9-12H,6-7,13H2/t9-,10-,11+,12-/m1/s1. The molecule has 1 nitrogen and oxygen atoms in total. The SMILES string of the molecule is N[C@@H]1C[C@H]1[C@@H]1C[C@@H]1c1ccccc1. The minimum Gasteiger partial charge on any atom is -0.327 e. The lowest BCUT2D eigenvalue weighted by atomic mass is 10.1. The van der Waals surface area contributed by atoms with Gasteiger partial charge in [0.1, 0.15) is 0 Å². The molecule has 13 heavy (non-hydrogen) atoms. The maximum atomic E-state index is 5.85. The molecular formula is C12H15N. The summed E-state index contributed by atoms with van der Waals surface area (Å²) < 4.78 is 0. The van der Waals surface area contributed by atoms with Gasteiger partial charge in [-0.1, -0.05) is 30.3 Å². The van der Waals surface area contributed by atoms with E-state index in [0.29, 0.717) is 6.04 Å². The van der Waals surface area contributed by atoms with Crippen LogP contribution in [0, 0.1) is 11.8 Å². The maximum absolute atomic E-state index is 5.85. The Bertz CT molecular complexity index is 306. The molecule has 2 aliphatic carbocycles. The molecule has 0 heterocycles. The van der Waals surface area contributed by atoms with Crippen molar-refractivity contribution in [1.29, 1.82) is 0 Å². The van der Waals surface area contributed by atoms with Gasteiger partial charge in [0.25, 0.3) is 0 Å². The molecule has 1 heteroatoms. The summed E-state index contributed by atoms with van der Waals surface area (Å²) in [5.74, 6) is 2.60. The minimum atomic E-state index is 0.527. The second-order valence-electron chi connectivity index (χ2n) is 4.48. The van der Waals surface area contributed by atoms with Crippen molar-refractivity contribution in [2.45, 2.75) is 24.8 Å². The molecule has 0 aliphatic heterocycles. The molecule has 4 atom stereocenters. The highest BCUT2D eigenvalue weighted by Gasteiger charge is 2.52. The lowest BCUT2D eigenvalue weighted by molar-refractivity contribution is 0.664. The monoisotopic (exact) mass is 173 g/mol. The van der Waals surface area contributed by atoms with Crippen LogP contribution in [0.2, 0.25) is 0 Å². The first kappa shape index (κ1) is 7.57. The third kappa shape index (κ3) is 1.28. The van der Waals surface area contributed by atoms with Crippen LogP contribution in [0.5, 0.6) is 0 Å². The van der Waals surface area contributed by atoms with Crippen molar-refractivity contribution in [1.82, 2.24) is 0 Å². The molecule has 2 saturated carbocycles. The van der Waals surface area contributed by atoms with Gasteiger partial charge in [0.05, 0.1) is 0 Å². The normalized spacial score (nSPS) is 41.6. The van der Waals surface area contributed by atoms with E-state index in [1.807, 2.05) is 0 Å². The molecule has 0 bridgehead atoms. The Labute approximate surface area is 78.9 Å². The molecule has 0 spiro atoms. The zero-order valence-electron chi connectivity index (χ0n) is 7.69. The van der Waals surface area contributed by atoms with Gasteiger partial charge in [0, 0.05) is 6.04 Å². The summed E-state index contributed by atoms with van der Waals surface area (Å²) in [7, 11) is 0. The molecule has 2 aliphatic rings. The van der Waals surface area contributed by atoms with Gasteiger partial charge >= 0.3 is 0 Å².